The third kappa shape index (κ3) is 29.2. The van der Waals surface area contributed by atoms with E-state index in [1.165, 1.54) is 173 Å². The third-order valence-corrected chi connectivity index (χ3v) is 16.6. The van der Waals surface area contributed by atoms with Crippen LogP contribution in [-0.2, 0) is 33.2 Å². The first-order chi connectivity index (χ1) is 39.3. The highest BCUT2D eigenvalue weighted by Crippen LogP contribution is 2.33. The summed E-state index contributed by atoms with van der Waals surface area (Å²) in [5.41, 5.74) is 0. The van der Waals surface area contributed by atoms with Gasteiger partial charge in [0.15, 0.2) is 18.9 Å². The van der Waals surface area contributed by atoms with E-state index in [-0.39, 0.29) is 18.9 Å². The average Bonchev–Trinajstić information content (AvgIpc) is 3.51. The standard InChI is InChI=1S/C62H117NO18/c1-3-5-7-9-11-13-15-17-19-20-21-22-23-24-26-28-30-32-34-36-38-40-50(68)63-45(46(67)39-37-35-33-31-29-27-25-18-16-14-12-10-8-6-4-2)44-76-60-56(74)53(71)58(48(42-65)78-60)81-62-57(75)54(72)59(49(43-66)79-62)80-61-55(73)52(70)51(69)47(41-64)77-61/h37,39,45-49,51-62,64-67,69-75H,3-36,38,40-44H2,1-2H3,(H,63,68)/b39-37+. The lowest BCUT2D eigenvalue weighted by atomic mass is 9.96. The lowest BCUT2D eigenvalue weighted by molar-refractivity contribution is -0.379. The van der Waals surface area contributed by atoms with Crippen LogP contribution >= 0.6 is 0 Å². The Kier molecular flexibility index (Phi) is 41.7. The Labute approximate surface area is 486 Å². The highest BCUT2D eigenvalue weighted by Gasteiger charge is 2.53. The SMILES string of the molecule is CCCCCCCCCCCCCCC/C=C/C(O)C(COC1OC(CO)C(OC2OC(CO)C(OC3OC(CO)C(O)C(O)C3O)C(O)C2O)C(O)C1O)NC(=O)CCCCCCCCCCCCCCCCCCCCCCC. The average molecular weight is 1160 g/mol. The fraction of sp³-hybridized carbons (Fsp3) is 0.952. The Morgan fingerprint density at radius 2 is 0.765 bits per heavy atom. The predicted molar refractivity (Wildman–Crippen MR) is 310 cm³/mol. The lowest BCUT2D eigenvalue weighted by Gasteiger charge is -2.48. The molecule has 3 heterocycles. The third-order valence-electron chi connectivity index (χ3n) is 16.6. The van der Waals surface area contributed by atoms with Crippen molar-refractivity contribution >= 4 is 5.91 Å². The van der Waals surface area contributed by atoms with Gasteiger partial charge in [-0.3, -0.25) is 4.79 Å². The van der Waals surface area contributed by atoms with Gasteiger partial charge in [-0.25, -0.2) is 0 Å². The van der Waals surface area contributed by atoms with Gasteiger partial charge in [0.1, 0.15) is 73.2 Å². The Morgan fingerprint density at radius 3 is 1.16 bits per heavy atom. The normalized spacial score (nSPS) is 29.8. The van der Waals surface area contributed by atoms with Crippen LogP contribution in [0.3, 0.4) is 0 Å². The number of nitrogens with one attached hydrogen (secondary N) is 1. The topological polar surface area (TPSA) is 307 Å². The minimum atomic E-state index is -1.97. The van der Waals surface area contributed by atoms with Crippen molar-refractivity contribution in [2.24, 2.45) is 0 Å². The molecular weight excluding hydrogens is 1050 g/mol. The smallest absolute Gasteiger partial charge is 0.220 e. The minimum Gasteiger partial charge on any atom is -0.394 e. The van der Waals surface area contributed by atoms with Crippen molar-refractivity contribution in [1.29, 1.82) is 0 Å². The van der Waals surface area contributed by atoms with Crippen LogP contribution in [0, 0.1) is 0 Å². The first-order valence-electron chi connectivity index (χ1n) is 32.4. The molecule has 12 N–H and O–H groups in total. The molecule has 3 fully saturated rings. The Morgan fingerprint density at radius 1 is 0.432 bits per heavy atom. The van der Waals surface area contributed by atoms with Crippen LogP contribution in [0.4, 0.5) is 0 Å². The van der Waals surface area contributed by atoms with Crippen molar-refractivity contribution in [3.63, 3.8) is 0 Å². The summed E-state index contributed by atoms with van der Waals surface area (Å²) >= 11 is 0. The van der Waals surface area contributed by atoms with Gasteiger partial charge in [0.05, 0.1) is 38.6 Å². The van der Waals surface area contributed by atoms with Gasteiger partial charge in [0, 0.05) is 6.42 Å². The van der Waals surface area contributed by atoms with E-state index in [4.69, 9.17) is 28.4 Å². The highest BCUT2D eigenvalue weighted by atomic mass is 16.8. The van der Waals surface area contributed by atoms with Crippen molar-refractivity contribution < 1.29 is 89.4 Å². The predicted octanol–water partition coefficient (Wildman–Crippen LogP) is 6.94. The van der Waals surface area contributed by atoms with Gasteiger partial charge in [-0.2, -0.15) is 0 Å². The van der Waals surface area contributed by atoms with Crippen molar-refractivity contribution in [1.82, 2.24) is 5.32 Å². The Balaban J connectivity index is 1.46. The molecule has 0 aromatic rings. The molecule has 3 aliphatic heterocycles. The van der Waals surface area contributed by atoms with Crippen molar-refractivity contribution in [2.75, 3.05) is 26.4 Å². The fourth-order valence-corrected chi connectivity index (χ4v) is 11.3. The number of aliphatic hydroxyl groups is 11. The minimum absolute atomic E-state index is 0.249. The molecule has 0 aliphatic carbocycles. The molecule has 3 aliphatic rings. The molecular formula is C62H117NO18. The van der Waals surface area contributed by atoms with Crippen LogP contribution in [0.5, 0.6) is 0 Å². The second kappa shape index (κ2) is 45.8. The molecule has 478 valence electrons. The zero-order valence-electron chi connectivity index (χ0n) is 50.0. The number of unbranched alkanes of at least 4 members (excludes halogenated alkanes) is 33. The molecule has 0 radical (unpaired) electrons. The molecule has 0 aromatic heterocycles. The number of hydrogen-bond acceptors (Lipinski definition) is 18. The van der Waals surface area contributed by atoms with Crippen LogP contribution in [-0.4, -0.2) is 193 Å². The second-order valence-corrected chi connectivity index (χ2v) is 23.6. The second-order valence-electron chi connectivity index (χ2n) is 23.6. The summed E-state index contributed by atoms with van der Waals surface area (Å²) < 4.78 is 34.3. The van der Waals surface area contributed by atoms with Gasteiger partial charge in [0.25, 0.3) is 0 Å². The van der Waals surface area contributed by atoms with Gasteiger partial charge in [-0.05, 0) is 19.3 Å². The highest BCUT2D eigenvalue weighted by molar-refractivity contribution is 5.76. The van der Waals surface area contributed by atoms with E-state index in [2.05, 4.69) is 19.2 Å². The number of allylic oxidation sites excluding steroid dienone is 1. The van der Waals surface area contributed by atoms with Crippen molar-refractivity contribution in [3.8, 4) is 0 Å². The summed E-state index contributed by atoms with van der Waals surface area (Å²) in [4.78, 5) is 13.4. The largest absolute Gasteiger partial charge is 0.394 e. The zero-order chi connectivity index (χ0) is 59.0. The van der Waals surface area contributed by atoms with Crippen LogP contribution < -0.4 is 5.32 Å². The van der Waals surface area contributed by atoms with Crippen LogP contribution in [0.15, 0.2) is 12.2 Å². The molecule has 17 atom stereocenters. The van der Waals surface area contributed by atoms with E-state index in [1.807, 2.05) is 6.08 Å². The maximum Gasteiger partial charge on any atom is 0.220 e. The number of rotatable bonds is 49. The number of hydrogen-bond donors (Lipinski definition) is 12. The maximum atomic E-state index is 13.4. The molecule has 0 saturated carbocycles. The van der Waals surface area contributed by atoms with E-state index in [0.717, 1.165) is 44.9 Å². The number of amides is 1. The van der Waals surface area contributed by atoms with Gasteiger partial charge in [-0.1, -0.05) is 231 Å². The van der Waals surface area contributed by atoms with Crippen molar-refractivity contribution in [2.45, 2.75) is 349 Å². The summed E-state index contributed by atoms with van der Waals surface area (Å²) in [5.74, 6) is -0.271. The molecule has 0 bridgehead atoms. The van der Waals surface area contributed by atoms with Gasteiger partial charge >= 0.3 is 0 Å². The van der Waals surface area contributed by atoms with Gasteiger partial charge < -0.3 is 89.9 Å². The Hall–Kier alpha value is -1.47. The molecule has 3 saturated heterocycles. The molecule has 1 amide bonds. The lowest BCUT2D eigenvalue weighted by Crippen LogP contribution is -2.66. The first kappa shape index (κ1) is 73.8. The Bertz CT molecular complexity index is 1530. The quantitative estimate of drug-likeness (QED) is 0.0217. The molecule has 3 rings (SSSR count). The number of carbonyl (C=O) groups excluding carboxylic acids is 1. The zero-order valence-corrected chi connectivity index (χ0v) is 50.0. The molecule has 17 unspecified atom stereocenters. The van der Waals surface area contributed by atoms with Gasteiger partial charge in [-0.15, -0.1) is 0 Å². The summed E-state index contributed by atoms with van der Waals surface area (Å²) in [6, 6.07) is -0.967. The molecule has 19 heteroatoms. The molecule has 19 nitrogen and oxygen atoms in total. The monoisotopic (exact) mass is 1160 g/mol. The summed E-state index contributed by atoms with van der Waals surface area (Å²) in [7, 11) is 0. The maximum absolute atomic E-state index is 13.4. The van der Waals surface area contributed by atoms with Crippen LogP contribution in [0.2, 0.25) is 0 Å². The number of ether oxygens (including phenoxy) is 6. The number of aliphatic hydroxyl groups excluding tert-OH is 11. The fourth-order valence-electron chi connectivity index (χ4n) is 11.3. The van der Waals surface area contributed by atoms with E-state index >= 15 is 0 Å². The summed E-state index contributed by atoms with van der Waals surface area (Å²) in [5, 5.41) is 120. The van der Waals surface area contributed by atoms with E-state index < -0.39 is 124 Å². The van der Waals surface area contributed by atoms with Gasteiger partial charge in [0.2, 0.25) is 5.91 Å². The number of carbonyl (C=O) groups is 1. The molecule has 0 spiro atoms. The molecule has 0 aromatic carbocycles. The van der Waals surface area contributed by atoms with E-state index in [1.54, 1.807) is 6.08 Å². The summed E-state index contributed by atoms with van der Waals surface area (Å²) in [6.45, 7) is 1.75. The first-order valence-corrected chi connectivity index (χ1v) is 32.4. The van der Waals surface area contributed by atoms with Crippen LogP contribution in [0.1, 0.15) is 245 Å². The molecule has 81 heavy (non-hydrogen) atoms. The van der Waals surface area contributed by atoms with Crippen molar-refractivity contribution in [3.05, 3.63) is 12.2 Å². The van der Waals surface area contributed by atoms with E-state index in [9.17, 15) is 61.0 Å². The van der Waals surface area contributed by atoms with E-state index in [0.29, 0.717) is 6.42 Å². The van der Waals surface area contributed by atoms with Crippen LogP contribution in [0.25, 0.3) is 0 Å². The summed E-state index contributed by atoms with van der Waals surface area (Å²) in [6.07, 6.45) is 20.4.